The van der Waals surface area contributed by atoms with Crippen molar-refractivity contribution in [1.29, 1.82) is 0 Å². The molecule has 7 heteroatoms. The lowest BCUT2D eigenvalue weighted by molar-refractivity contribution is 0.0942. The van der Waals surface area contributed by atoms with Gasteiger partial charge in [0.05, 0.1) is 12.4 Å². The lowest BCUT2D eigenvalue weighted by atomic mass is 10.2. The van der Waals surface area contributed by atoms with Crippen LogP contribution in [0.5, 0.6) is 0 Å². The van der Waals surface area contributed by atoms with Crippen molar-refractivity contribution in [2.75, 3.05) is 45.1 Å². The maximum Gasteiger partial charge on any atom is 0.266 e. The van der Waals surface area contributed by atoms with Crippen LogP contribution in [0.15, 0.2) is 0 Å². The van der Waals surface area contributed by atoms with E-state index in [1.165, 1.54) is 0 Å². The molecule has 1 saturated heterocycles. The summed E-state index contributed by atoms with van der Waals surface area (Å²) in [6, 6.07) is -0.161. The minimum atomic E-state index is -3.89. The van der Waals surface area contributed by atoms with Crippen molar-refractivity contribution >= 4 is 10.1 Å². The number of hydrogen-bond acceptors (Lipinski definition) is 5. The molecule has 16 heavy (non-hydrogen) atoms. The molecule has 0 saturated carbocycles. The van der Waals surface area contributed by atoms with Crippen LogP contribution in [-0.2, 0) is 10.1 Å². The lowest BCUT2D eigenvalue weighted by Crippen LogP contribution is -2.51. The summed E-state index contributed by atoms with van der Waals surface area (Å²) in [5.74, 6) is -0.215. The molecule has 1 fully saturated rings. The molecule has 1 heterocycles. The van der Waals surface area contributed by atoms with E-state index in [4.69, 9.17) is 9.66 Å². The van der Waals surface area contributed by atoms with Gasteiger partial charge in [0.2, 0.25) is 0 Å². The molecule has 1 rings (SSSR count). The van der Waals surface area contributed by atoms with E-state index in [2.05, 4.69) is 4.90 Å². The van der Waals surface area contributed by atoms with Crippen LogP contribution in [0, 0.1) is 0 Å². The van der Waals surface area contributed by atoms with E-state index in [9.17, 15) is 8.42 Å². The van der Waals surface area contributed by atoms with Crippen LogP contribution >= 0.6 is 0 Å². The van der Waals surface area contributed by atoms with Crippen LogP contribution in [0.1, 0.15) is 6.92 Å². The van der Waals surface area contributed by atoms with Crippen molar-refractivity contribution < 1.29 is 18.1 Å². The fourth-order valence-electron chi connectivity index (χ4n) is 1.98. The maximum absolute atomic E-state index is 10.7. The third-order valence-corrected chi connectivity index (χ3v) is 3.80. The molecule has 1 atom stereocenters. The Bertz CT molecular complexity index is 299. The molecule has 0 aromatic heterocycles. The Kier molecular flexibility index (Phi) is 5.13. The molecule has 0 aliphatic carbocycles. The minimum Gasteiger partial charge on any atom is -0.395 e. The van der Waals surface area contributed by atoms with E-state index in [1.807, 2.05) is 4.90 Å². The topological polar surface area (TPSA) is 81.1 Å². The van der Waals surface area contributed by atoms with Gasteiger partial charge in [-0.2, -0.15) is 8.42 Å². The molecule has 0 spiro atoms. The van der Waals surface area contributed by atoms with Gasteiger partial charge in [-0.05, 0) is 6.92 Å². The summed E-state index contributed by atoms with van der Waals surface area (Å²) < 4.78 is 30.2. The Balaban J connectivity index is 2.36. The third-order valence-electron chi connectivity index (χ3n) is 2.90. The molecular weight excluding hydrogens is 232 g/mol. The molecule has 1 aliphatic rings. The number of nitrogens with zero attached hydrogens (tertiary/aromatic N) is 2. The first kappa shape index (κ1) is 13.9. The first-order valence-electron chi connectivity index (χ1n) is 5.45. The predicted molar refractivity (Wildman–Crippen MR) is 61.0 cm³/mol. The average Bonchev–Trinajstić information content (AvgIpc) is 2.16. The van der Waals surface area contributed by atoms with Crippen LogP contribution in [-0.4, -0.2) is 79.0 Å². The second-order valence-corrected chi connectivity index (χ2v) is 5.70. The van der Waals surface area contributed by atoms with Gasteiger partial charge in [0, 0.05) is 38.8 Å². The first-order valence-corrected chi connectivity index (χ1v) is 7.05. The maximum atomic E-state index is 10.7. The van der Waals surface area contributed by atoms with E-state index >= 15 is 0 Å². The number of hydrogen-bond donors (Lipinski definition) is 2. The molecule has 1 unspecified atom stereocenters. The van der Waals surface area contributed by atoms with E-state index in [-0.39, 0.29) is 18.4 Å². The number of piperazine rings is 1. The molecular formula is C9H20N2O4S. The first-order chi connectivity index (χ1) is 7.42. The van der Waals surface area contributed by atoms with E-state index < -0.39 is 10.1 Å². The highest BCUT2D eigenvalue weighted by Gasteiger charge is 2.23. The summed E-state index contributed by atoms with van der Waals surface area (Å²) in [5, 5.41) is 8.78. The van der Waals surface area contributed by atoms with E-state index in [0.717, 1.165) is 26.2 Å². The van der Waals surface area contributed by atoms with Gasteiger partial charge >= 0.3 is 0 Å². The summed E-state index contributed by atoms with van der Waals surface area (Å²) in [7, 11) is -3.89. The zero-order chi connectivity index (χ0) is 12.2. The Morgan fingerprint density at radius 2 is 1.81 bits per heavy atom. The molecule has 6 nitrogen and oxygen atoms in total. The van der Waals surface area contributed by atoms with Crippen LogP contribution in [0.25, 0.3) is 0 Å². The van der Waals surface area contributed by atoms with Gasteiger partial charge in [0.25, 0.3) is 10.1 Å². The second-order valence-electron chi connectivity index (χ2n) is 4.20. The van der Waals surface area contributed by atoms with Crippen molar-refractivity contribution in [1.82, 2.24) is 9.80 Å². The molecule has 1 aliphatic heterocycles. The van der Waals surface area contributed by atoms with Crippen molar-refractivity contribution in [2.24, 2.45) is 0 Å². The Morgan fingerprint density at radius 1 is 1.25 bits per heavy atom. The molecule has 0 bridgehead atoms. The lowest BCUT2D eigenvalue weighted by Gasteiger charge is -2.37. The smallest absolute Gasteiger partial charge is 0.266 e. The van der Waals surface area contributed by atoms with Crippen LogP contribution < -0.4 is 0 Å². The zero-order valence-corrected chi connectivity index (χ0v) is 10.4. The summed E-state index contributed by atoms with van der Waals surface area (Å²) >= 11 is 0. The SMILES string of the molecule is CC(CS(=O)(=O)O)N1CCN(CCO)CC1. The summed E-state index contributed by atoms with van der Waals surface area (Å²) in [6.45, 7) is 5.83. The average molecular weight is 252 g/mol. The van der Waals surface area contributed by atoms with Crippen LogP contribution in [0.2, 0.25) is 0 Å². The quantitative estimate of drug-likeness (QED) is 0.603. The van der Waals surface area contributed by atoms with Crippen molar-refractivity contribution in [3.63, 3.8) is 0 Å². The Morgan fingerprint density at radius 3 is 2.25 bits per heavy atom. The van der Waals surface area contributed by atoms with Crippen molar-refractivity contribution in [3.8, 4) is 0 Å². The van der Waals surface area contributed by atoms with Gasteiger partial charge < -0.3 is 5.11 Å². The zero-order valence-electron chi connectivity index (χ0n) is 9.54. The van der Waals surface area contributed by atoms with Gasteiger partial charge in [-0.1, -0.05) is 0 Å². The molecule has 96 valence electrons. The van der Waals surface area contributed by atoms with Crippen LogP contribution in [0.3, 0.4) is 0 Å². The van der Waals surface area contributed by atoms with Crippen molar-refractivity contribution in [2.45, 2.75) is 13.0 Å². The number of aliphatic hydroxyl groups excluding tert-OH is 1. The number of β-amino-alcohol motifs (C(OH)–C–C–N with tert-alkyl or cyclic N) is 1. The van der Waals surface area contributed by atoms with E-state index in [1.54, 1.807) is 6.92 Å². The standard InChI is InChI=1S/C9H20N2O4S/c1-9(8-16(13,14)15)11-4-2-10(3-5-11)6-7-12/h9,12H,2-8H2,1H3,(H,13,14,15). The Hall–Kier alpha value is -0.210. The van der Waals surface area contributed by atoms with E-state index in [0.29, 0.717) is 6.54 Å². The summed E-state index contributed by atoms with van der Waals surface area (Å²) in [6.07, 6.45) is 0. The highest BCUT2D eigenvalue weighted by atomic mass is 32.2. The fraction of sp³-hybridized carbons (Fsp3) is 1.00. The molecule has 0 amide bonds. The van der Waals surface area contributed by atoms with Gasteiger partial charge in [-0.3, -0.25) is 14.4 Å². The summed E-state index contributed by atoms with van der Waals surface area (Å²) in [5.41, 5.74) is 0. The molecule has 0 radical (unpaired) electrons. The van der Waals surface area contributed by atoms with Gasteiger partial charge in [0.1, 0.15) is 0 Å². The van der Waals surface area contributed by atoms with Gasteiger partial charge in [-0.25, -0.2) is 0 Å². The van der Waals surface area contributed by atoms with Gasteiger partial charge in [0.15, 0.2) is 0 Å². The molecule has 2 N–H and O–H groups in total. The number of rotatable bonds is 5. The summed E-state index contributed by atoms with van der Waals surface area (Å²) in [4.78, 5) is 4.18. The Labute approximate surface area is 96.6 Å². The van der Waals surface area contributed by atoms with Gasteiger partial charge in [-0.15, -0.1) is 0 Å². The molecule has 0 aromatic carbocycles. The third kappa shape index (κ3) is 4.75. The highest BCUT2D eigenvalue weighted by molar-refractivity contribution is 7.85. The monoisotopic (exact) mass is 252 g/mol. The largest absolute Gasteiger partial charge is 0.395 e. The van der Waals surface area contributed by atoms with Crippen molar-refractivity contribution in [3.05, 3.63) is 0 Å². The fourth-order valence-corrected chi connectivity index (χ4v) is 2.80. The highest BCUT2D eigenvalue weighted by Crippen LogP contribution is 2.07. The molecule has 0 aromatic rings. The predicted octanol–water partition coefficient (Wildman–Crippen LogP) is -1.13. The van der Waals surface area contributed by atoms with Crippen LogP contribution in [0.4, 0.5) is 0 Å². The normalized spacial score (nSPS) is 22.2. The minimum absolute atomic E-state index is 0.153. The second kappa shape index (κ2) is 5.92. The number of aliphatic hydroxyl groups is 1.